The average Bonchev–Trinajstić information content (AvgIpc) is 2.45. The van der Waals surface area contributed by atoms with E-state index >= 15 is 0 Å². The maximum absolute atomic E-state index is 8.77. The van der Waals surface area contributed by atoms with Gasteiger partial charge >= 0.3 is 0 Å². The Morgan fingerprint density at radius 3 is 2.50 bits per heavy atom. The van der Waals surface area contributed by atoms with Crippen molar-refractivity contribution in [3.8, 4) is 17.7 Å². The van der Waals surface area contributed by atoms with Crippen molar-refractivity contribution in [1.82, 2.24) is 9.97 Å². The topological polar surface area (TPSA) is 70.8 Å². The van der Waals surface area contributed by atoms with Gasteiger partial charge in [0, 0.05) is 6.54 Å². The first kappa shape index (κ1) is 13.8. The van der Waals surface area contributed by atoms with Crippen LogP contribution in [-0.4, -0.2) is 16.5 Å². The van der Waals surface area contributed by atoms with Crippen molar-refractivity contribution in [3.63, 3.8) is 0 Å². The minimum atomic E-state index is 0.526. The van der Waals surface area contributed by atoms with E-state index in [0.29, 0.717) is 23.0 Å². The number of anilines is 1. The van der Waals surface area contributed by atoms with Crippen molar-refractivity contribution in [3.05, 3.63) is 41.2 Å². The molecule has 5 heteroatoms. The van der Waals surface area contributed by atoms with Crippen molar-refractivity contribution in [2.75, 3.05) is 11.9 Å². The van der Waals surface area contributed by atoms with Gasteiger partial charge in [-0.15, -0.1) is 0 Å². The molecule has 102 valence electrons. The molecule has 1 N–H and O–H groups in total. The standard InChI is InChI=1S/C15H16N4O/c1-4-17-14-10(2)15(19-11(3)18-14)20-13-7-5-12(9-16)6-8-13/h5-8H,4H2,1-3H3,(H,17,18,19). The number of nitriles is 1. The normalized spacial score (nSPS) is 9.90. The van der Waals surface area contributed by atoms with E-state index in [2.05, 4.69) is 21.4 Å². The molecule has 0 unspecified atom stereocenters. The molecule has 0 atom stereocenters. The van der Waals surface area contributed by atoms with Gasteiger partial charge in [0.25, 0.3) is 0 Å². The van der Waals surface area contributed by atoms with E-state index in [9.17, 15) is 0 Å². The van der Waals surface area contributed by atoms with Crippen LogP contribution >= 0.6 is 0 Å². The molecular weight excluding hydrogens is 252 g/mol. The van der Waals surface area contributed by atoms with Crippen LogP contribution in [0.4, 0.5) is 5.82 Å². The Bertz CT molecular complexity index is 644. The van der Waals surface area contributed by atoms with Crippen LogP contribution in [0.2, 0.25) is 0 Å². The predicted octanol–water partition coefficient (Wildman–Crippen LogP) is 3.19. The molecule has 0 fully saturated rings. The summed E-state index contributed by atoms with van der Waals surface area (Å²) in [6, 6.07) is 9.00. The number of nitrogens with zero attached hydrogens (tertiary/aromatic N) is 3. The van der Waals surface area contributed by atoms with Gasteiger partial charge in [-0.1, -0.05) is 0 Å². The largest absolute Gasteiger partial charge is 0.439 e. The number of rotatable bonds is 4. The van der Waals surface area contributed by atoms with Crippen LogP contribution < -0.4 is 10.1 Å². The van der Waals surface area contributed by atoms with Gasteiger partial charge < -0.3 is 10.1 Å². The second-order valence-electron chi connectivity index (χ2n) is 4.32. The Labute approximate surface area is 118 Å². The molecule has 1 aromatic carbocycles. The van der Waals surface area contributed by atoms with Crippen molar-refractivity contribution in [2.45, 2.75) is 20.8 Å². The molecule has 0 saturated carbocycles. The number of hydrogen-bond acceptors (Lipinski definition) is 5. The van der Waals surface area contributed by atoms with Gasteiger partial charge in [0.1, 0.15) is 17.4 Å². The lowest BCUT2D eigenvalue weighted by Crippen LogP contribution is -2.06. The third-order valence-corrected chi connectivity index (χ3v) is 2.76. The van der Waals surface area contributed by atoms with E-state index in [4.69, 9.17) is 10.00 Å². The number of ether oxygens (including phenoxy) is 1. The molecule has 2 rings (SSSR count). The lowest BCUT2D eigenvalue weighted by molar-refractivity contribution is 0.456. The van der Waals surface area contributed by atoms with Crippen molar-refractivity contribution >= 4 is 5.82 Å². The lowest BCUT2D eigenvalue weighted by atomic mass is 10.2. The zero-order valence-electron chi connectivity index (χ0n) is 11.8. The average molecular weight is 268 g/mol. The molecule has 1 heterocycles. The highest BCUT2D eigenvalue weighted by molar-refractivity contribution is 5.49. The molecule has 2 aromatic rings. The number of benzene rings is 1. The second kappa shape index (κ2) is 6.02. The maximum atomic E-state index is 8.77. The third kappa shape index (κ3) is 3.04. The Morgan fingerprint density at radius 1 is 1.20 bits per heavy atom. The summed E-state index contributed by atoms with van der Waals surface area (Å²) >= 11 is 0. The molecule has 0 amide bonds. The highest BCUT2D eigenvalue weighted by atomic mass is 16.5. The Morgan fingerprint density at radius 2 is 1.90 bits per heavy atom. The van der Waals surface area contributed by atoms with Crippen LogP contribution in [-0.2, 0) is 0 Å². The van der Waals surface area contributed by atoms with Gasteiger partial charge in [0.2, 0.25) is 5.88 Å². The first-order valence-electron chi connectivity index (χ1n) is 6.41. The van der Waals surface area contributed by atoms with Crippen molar-refractivity contribution < 1.29 is 4.74 Å². The fourth-order valence-corrected chi connectivity index (χ4v) is 1.75. The lowest BCUT2D eigenvalue weighted by Gasteiger charge is -2.12. The van der Waals surface area contributed by atoms with Crippen LogP contribution in [0.3, 0.4) is 0 Å². The fraction of sp³-hybridized carbons (Fsp3) is 0.267. The number of aromatic nitrogens is 2. The fourth-order valence-electron chi connectivity index (χ4n) is 1.75. The highest BCUT2D eigenvalue weighted by Crippen LogP contribution is 2.27. The summed E-state index contributed by atoms with van der Waals surface area (Å²) in [5.74, 6) is 2.60. The Hall–Kier alpha value is -2.61. The maximum Gasteiger partial charge on any atom is 0.227 e. The summed E-state index contributed by atoms with van der Waals surface area (Å²) in [7, 11) is 0. The monoisotopic (exact) mass is 268 g/mol. The zero-order valence-corrected chi connectivity index (χ0v) is 11.8. The summed E-state index contributed by atoms with van der Waals surface area (Å²) in [5, 5.41) is 12.0. The SMILES string of the molecule is CCNc1nc(C)nc(Oc2ccc(C#N)cc2)c1C. The van der Waals surface area contributed by atoms with Gasteiger partial charge in [-0.2, -0.15) is 10.2 Å². The van der Waals surface area contributed by atoms with Crippen molar-refractivity contribution in [2.24, 2.45) is 0 Å². The van der Waals surface area contributed by atoms with Crippen LogP contribution in [0.1, 0.15) is 23.9 Å². The quantitative estimate of drug-likeness (QED) is 0.922. The molecular formula is C15H16N4O. The molecule has 0 radical (unpaired) electrons. The van der Waals surface area contributed by atoms with E-state index in [0.717, 1.165) is 17.9 Å². The molecule has 0 aliphatic rings. The summed E-state index contributed by atoms with van der Waals surface area (Å²) in [6.45, 7) is 6.54. The molecule has 20 heavy (non-hydrogen) atoms. The number of hydrogen-bond donors (Lipinski definition) is 1. The van der Waals surface area contributed by atoms with Crippen LogP contribution in [0.25, 0.3) is 0 Å². The van der Waals surface area contributed by atoms with Gasteiger partial charge in [0.05, 0.1) is 17.2 Å². The molecule has 0 aliphatic heterocycles. The first-order valence-corrected chi connectivity index (χ1v) is 6.41. The van der Waals surface area contributed by atoms with Crippen LogP contribution in [0.5, 0.6) is 11.6 Å². The Kier molecular flexibility index (Phi) is 4.16. The van der Waals surface area contributed by atoms with E-state index in [1.54, 1.807) is 24.3 Å². The first-order chi connectivity index (χ1) is 9.63. The van der Waals surface area contributed by atoms with E-state index < -0.39 is 0 Å². The summed E-state index contributed by atoms with van der Waals surface area (Å²) < 4.78 is 5.78. The van der Waals surface area contributed by atoms with Crippen molar-refractivity contribution in [1.29, 1.82) is 5.26 Å². The molecule has 5 nitrogen and oxygen atoms in total. The minimum Gasteiger partial charge on any atom is -0.439 e. The summed E-state index contributed by atoms with van der Waals surface area (Å²) in [5.41, 5.74) is 1.46. The van der Waals surface area contributed by atoms with Gasteiger partial charge in [0.15, 0.2) is 0 Å². The van der Waals surface area contributed by atoms with Gasteiger partial charge in [-0.05, 0) is 45.0 Å². The third-order valence-electron chi connectivity index (χ3n) is 2.76. The minimum absolute atomic E-state index is 0.526. The number of aryl methyl sites for hydroxylation is 1. The second-order valence-corrected chi connectivity index (χ2v) is 4.32. The molecule has 0 bridgehead atoms. The van der Waals surface area contributed by atoms with Gasteiger partial charge in [-0.25, -0.2) is 4.98 Å². The van der Waals surface area contributed by atoms with Crippen LogP contribution in [0.15, 0.2) is 24.3 Å². The van der Waals surface area contributed by atoms with E-state index in [1.807, 2.05) is 20.8 Å². The summed E-state index contributed by atoms with van der Waals surface area (Å²) in [4.78, 5) is 8.66. The molecule has 1 aromatic heterocycles. The molecule has 0 saturated heterocycles. The van der Waals surface area contributed by atoms with E-state index in [1.165, 1.54) is 0 Å². The highest BCUT2D eigenvalue weighted by Gasteiger charge is 2.10. The zero-order chi connectivity index (χ0) is 14.5. The number of nitrogens with one attached hydrogen (secondary N) is 1. The Balaban J connectivity index is 2.30. The molecule has 0 spiro atoms. The van der Waals surface area contributed by atoms with Crippen LogP contribution in [0, 0.1) is 25.2 Å². The molecule has 0 aliphatic carbocycles. The van der Waals surface area contributed by atoms with E-state index in [-0.39, 0.29) is 0 Å². The smallest absolute Gasteiger partial charge is 0.227 e. The summed E-state index contributed by atoms with van der Waals surface area (Å²) in [6.07, 6.45) is 0. The predicted molar refractivity (Wildman–Crippen MR) is 76.9 cm³/mol. The van der Waals surface area contributed by atoms with Gasteiger partial charge in [-0.3, -0.25) is 0 Å².